The van der Waals surface area contributed by atoms with Crippen molar-refractivity contribution in [3.8, 4) is 6.19 Å². The Hall–Kier alpha value is -2.96. The van der Waals surface area contributed by atoms with Gasteiger partial charge in [0, 0.05) is 32.4 Å². The van der Waals surface area contributed by atoms with E-state index in [-0.39, 0.29) is 28.6 Å². The Morgan fingerprint density at radius 2 is 2.03 bits per heavy atom. The molecule has 1 unspecified atom stereocenters. The van der Waals surface area contributed by atoms with Crippen LogP contribution in [0.1, 0.15) is 24.9 Å². The molecule has 1 amide bonds. The van der Waals surface area contributed by atoms with Gasteiger partial charge in [0.15, 0.2) is 6.19 Å². The molecule has 29 heavy (non-hydrogen) atoms. The van der Waals surface area contributed by atoms with E-state index in [0.717, 1.165) is 5.56 Å². The topological polar surface area (TPSA) is 106 Å². The van der Waals surface area contributed by atoms with Crippen LogP contribution in [0.3, 0.4) is 0 Å². The van der Waals surface area contributed by atoms with E-state index in [1.807, 2.05) is 43.4 Å². The number of benzene rings is 1. The van der Waals surface area contributed by atoms with Crippen molar-refractivity contribution in [2.45, 2.75) is 24.3 Å². The lowest BCUT2D eigenvalue weighted by atomic mass is 10.1. The first-order valence-electron chi connectivity index (χ1n) is 9.27. The Balaban J connectivity index is 1.69. The van der Waals surface area contributed by atoms with E-state index in [4.69, 9.17) is 5.26 Å². The summed E-state index contributed by atoms with van der Waals surface area (Å²) in [5.74, 6) is -0.221. The second-order valence-corrected chi connectivity index (χ2v) is 9.01. The Labute approximate surface area is 170 Å². The maximum absolute atomic E-state index is 12.9. The molecule has 8 nitrogen and oxygen atoms in total. The molecule has 0 bridgehead atoms. The third-order valence-electron chi connectivity index (χ3n) is 5.19. The Bertz CT molecular complexity index is 1000. The van der Waals surface area contributed by atoms with E-state index in [9.17, 15) is 13.2 Å². The van der Waals surface area contributed by atoms with Crippen molar-refractivity contribution in [2.24, 2.45) is 5.92 Å². The van der Waals surface area contributed by atoms with Gasteiger partial charge in [-0.2, -0.15) is 9.57 Å². The molecule has 1 N–H and O–H groups in total. The number of rotatable bonds is 6. The molecule has 1 saturated heterocycles. The molecule has 2 heterocycles. The third kappa shape index (κ3) is 4.55. The molecule has 1 aromatic carbocycles. The van der Waals surface area contributed by atoms with Gasteiger partial charge in [-0.1, -0.05) is 30.3 Å². The van der Waals surface area contributed by atoms with Crippen LogP contribution in [0.25, 0.3) is 0 Å². The number of likely N-dealkylation sites (tertiary alicyclic amines) is 1. The molecule has 0 radical (unpaired) electrons. The molecule has 0 spiro atoms. The normalized spacial score (nSPS) is 17.7. The first-order valence-corrected chi connectivity index (χ1v) is 10.7. The lowest BCUT2D eigenvalue weighted by Gasteiger charge is -2.24. The molecule has 9 heteroatoms. The molecule has 1 aliphatic heterocycles. The zero-order chi connectivity index (χ0) is 21.0. The Morgan fingerprint density at radius 3 is 2.62 bits per heavy atom. The van der Waals surface area contributed by atoms with E-state index in [1.54, 1.807) is 0 Å². The van der Waals surface area contributed by atoms with Gasteiger partial charge < -0.3 is 10.2 Å². The monoisotopic (exact) mass is 413 g/mol. The van der Waals surface area contributed by atoms with Crippen molar-refractivity contribution in [1.29, 1.82) is 5.26 Å². The number of sulfonamides is 1. The fourth-order valence-corrected chi connectivity index (χ4v) is 4.51. The van der Waals surface area contributed by atoms with Crippen molar-refractivity contribution in [2.75, 3.05) is 25.5 Å². The van der Waals surface area contributed by atoms with Crippen LogP contribution in [-0.2, 0) is 14.8 Å². The van der Waals surface area contributed by atoms with E-state index in [0.29, 0.717) is 19.5 Å². The summed E-state index contributed by atoms with van der Waals surface area (Å²) in [5, 5.41) is 11.6. The number of amides is 1. The highest BCUT2D eigenvalue weighted by atomic mass is 32.2. The highest BCUT2D eigenvalue weighted by molar-refractivity contribution is 7.89. The van der Waals surface area contributed by atoms with Gasteiger partial charge in [-0.15, -0.1) is 0 Å². The molecule has 152 valence electrons. The van der Waals surface area contributed by atoms with Gasteiger partial charge in [0.2, 0.25) is 15.9 Å². The van der Waals surface area contributed by atoms with Gasteiger partial charge in [-0.3, -0.25) is 4.79 Å². The summed E-state index contributed by atoms with van der Waals surface area (Å²) in [5.41, 5.74) is 0.887. The smallest absolute Gasteiger partial charge is 0.244 e. The van der Waals surface area contributed by atoms with Crippen LogP contribution in [0.4, 0.5) is 5.82 Å². The predicted molar refractivity (Wildman–Crippen MR) is 108 cm³/mol. The summed E-state index contributed by atoms with van der Waals surface area (Å²) in [6.45, 7) is 2.77. The lowest BCUT2D eigenvalue weighted by molar-refractivity contribution is -0.119. The average Bonchev–Trinajstić information content (AvgIpc) is 3.23. The number of pyridine rings is 1. The summed E-state index contributed by atoms with van der Waals surface area (Å²) < 4.78 is 27.1. The first-order chi connectivity index (χ1) is 13.8. The maximum Gasteiger partial charge on any atom is 0.244 e. The maximum atomic E-state index is 12.9. The van der Waals surface area contributed by atoms with E-state index in [1.165, 1.54) is 34.6 Å². The standard InChI is InChI=1S/C20H23N5O3S/c1-15(16-6-4-3-5-7-16)24(2)29(27,28)18-8-9-19(22-12-18)23-20(26)17-10-11-25(13-17)14-21/h3-9,12,15,17H,10-11,13H2,1-2H3,(H,22,23,26)/t15?,17-/m0/s1. The summed E-state index contributed by atoms with van der Waals surface area (Å²) in [4.78, 5) is 18.0. The van der Waals surface area contributed by atoms with Gasteiger partial charge in [0.05, 0.1) is 5.92 Å². The first kappa shape index (κ1) is 20.8. The van der Waals surface area contributed by atoms with Crippen LogP contribution >= 0.6 is 0 Å². The van der Waals surface area contributed by atoms with Crippen molar-refractivity contribution in [3.63, 3.8) is 0 Å². The highest BCUT2D eigenvalue weighted by Crippen LogP contribution is 2.26. The van der Waals surface area contributed by atoms with E-state index >= 15 is 0 Å². The number of carbonyl (C=O) groups excluding carboxylic acids is 1. The average molecular weight is 414 g/mol. The van der Waals surface area contributed by atoms with Gasteiger partial charge in [0.25, 0.3) is 0 Å². The van der Waals surface area contributed by atoms with Crippen LogP contribution in [-0.4, -0.2) is 48.7 Å². The minimum atomic E-state index is -3.74. The second kappa shape index (κ2) is 8.59. The van der Waals surface area contributed by atoms with Gasteiger partial charge in [-0.25, -0.2) is 13.4 Å². The van der Waals surface area contributed by atoms with E-state index in [2.05, 4.69) is 10.3 Å². The largest absolute Gasteiger partial charge is 0.310 e. The Morgan fingerprint density at radius 1 is 1.31 bits per heavy atom. The van der Waals surface area contributed by atoms with Crippen LogP contribution in [0.5, 0.6) is 0 Å². The summed E-state index contributed by atoms with van der Waals surface area (Å²) in [6.07, 6.45) is 3.89. The number of nitrogens with one attached hydrogen (secondary N) is 1. The molecule has 1 fully saturated rings. The van der Waals surface area contributed by atoms with Gasteiger partial charge in [-0.05, 0) is 31.0 Å². The summed E-state index contributed by atoms with van der Waals surface area (Å²) in [7, 11) is -2.21. The molecule has 2 aromatic rings. The van der Waals surface area contributed by atoms with Gasteiger partial charge in [0.1, 0.15) is 10.7 Å². The molecule has 3 rings (SSSR count). The zero-order valence-electron chi connectivity index (χ0n) is 16.3. The quantitative estimate of drug-likeness (QED) is 0.728. The van der Waals surface area contributed by atoms with Crippen molar-refractivity contribution in [3.05, 3.63) is 54.2 Å². The molecular formula is C20H23N5O3S. The number of aromatic nitrogens is 1. The van der Waals surface area contributed by atoms with Crippen molar-refractivity contribution < 1.29 is 13.2 Å². The molecule has 1 aliphatic rings. The number of nitriles is 1. The number of hydrogen-bond acceptors (Lipinski definition) is 6. The molecular weight excluding hydrogens is 390 g/mol. The molecule has 0 saturated carbocycles. The fraction of sp³-hybridized carbons (Fsp3) is 0.350. The fourth-order valence-electron chi connectivity index (χ4n) is 3.22. The minimum Gasteiger partial charge on any atom is -0.310 e. The summed E-state index contributed by atoms with van der Waals surface area (Å²) >= 11 is 0. The molecule has 2 atom stereocenters. The number of nitrogens with zero attached hydrogens (tertiary/aromatic N) is 4. The molecule has 0 aliphatic carbocycles. The minimum absolute atomic E-state index is 0.0531. The number of hydrogen-bond donors (Lipinski definition) is 1. The van der Waals surface area contributed by atoms with Crippen LogP contribution < -0.4 is 5.32 Å². The SMILES string of the molecule is CC(c1ccccc1)N(C)S(=O)(=O)c1ccc(NC(=O)[C@H]2CCN(C#N)C2)nc1. The predicted octanol–water partition coefficient (Wildman–Crippen LogP) is 2.20. The number of carbonyl (C=O) groups is 1. The van der Waals surface area contributed by atoms with Crippen molar-refractivity contribution in [1.82, 2.24) is 14.2 Å². The number of anilines is 1. The van der Waals surface area contributed by atoms with Crippen molar-refractivity contribution >= 4 is 21.7 Å². The zero-order valence-corrected chi connectivity index (χ0v) is 17.1. The van der Waals surface area contributed by atoms with Gasteiger partial charge >= 0.3 is 0 Å². The summed E-state index contributed by atoms with van der Waals surface area (Å²) in [6, 6.07) is 11.9. The van der Waals surface area contributed by atoms with Crippen LogP contribution in [0.2, 0.25) is 0 Å². The van der Waals surface area contributed by atoms with Crippen LogP contribution in [0, 0.1) is 17.4 Å². The lowest BCUT2D eigenvalue weighted by Crippen LogP contribution is -2.30. The second-order valence-electron chi connectivity index (χ2n) is 7.01. The Kier molecular flexibility index (Phi) is 6.15. The molecule has 1 aromatic heterocycles. The third-order valence-corrected chi connectivity index (χ3v) is 7.10. The van der Waals surface area contributed by atoms with Crippen LogP contribution in [0.15, 0.2) is 53.6 Å². The van der Waals surface area contributed by atoms with E-state index < -0.39 is 10.0 Å². The highest BCUT2D eigenvalue weighted by Gasteiger charge is 2.29.